The van der Waals surface area contributed by atoms with Crippen LogP contribution in [0, 0.1) is 12.3 Å². The van der Waals surface area contributed by atoms with Crippen molar-refractivity contribution in [3.8, 4) is 11.5 Å². The van der Waals surface area contributed by atoms with Gasteiger partial charge in [0.25, 0.3) is 0 Å². The van der Waals surface area contributed by atoms with Gasteiger partial charge >= 0.3 is 12.0 Å². The highest BCUT2D eigenvalue weighted by Gasteiger charge is 2.46. The van der Waals surface area contributed by atoms with Gasteiger partial charge in [-0.15, -0.1) is 0 Å². The van der Waals surface area contributed by atoms with Gasteiger partial charge in [-0.25, -0.2) is 4.79 Å². The molecule has 1 aliphatic heterocycles. The molecule has 1 atom stereocenters. The van der Waals surface area contributed by atoms with E-state index >= 15 is 0 Å². The molecule has 1 unspecified atom stereocenters. The Morgan fingerprint density at radius 2 is 1.57 bits per heavy atom. The summed E-state index contributed by atoms with van der Waals surface area (Å²) in [5.74, 6) is 0.0182. The lowest BCUT2D eigenvalue weighted by Crippen LogP contribution is -2.60. The standard InChI is InChI=1S/C36H35Cl2N3O5/c1-3-40(28-15-17-31(18-16-28)46-30-7-5-4-6-8-30)33(42)20-36(21-34(43)44)23-39(22-26-11-12-27(37)19-32(26)38)35(45)41(24-36)29-13-9-25(2)10-14-29/h4-19H,3,20-24H2,1-2H3,(H,43,44). The first-order chi connectivity index (χ1) is 22.1. The second-order valence-electron chi connectivity index (χ2n) is 11.6. The third-order valence-corrected chi connectivity index (χ3v) is 8.63. The number of amides is 3. The third-order valence-electron chi connectivity index (χ3n) is 8.04. The molecule has 3 amide bonds. The molecule has 10 heteroatoms. The highest BCUT2D eigenvalue weighted by molar-refractivity contribution is 6.35. The second-order valence-corrected chi connectivity index (χ2v) is 12.4. The van der Waals surface area contributed by atoms with Crippen LogP contribution in [0.1, 0.15) is 30.9 Å². The predicted molar refractivity (Wildman–Crippen MR) is 181 cm³/mol. The molecule has 1 N–H and O–H groups in total. The number of hydrogen-bond acceptors (Lipinski definition) is 4. The average molecular weight is 661 g/mol. The second kappa shape index (κ2) is 14.3. The Balaban J connectivity index is 1.45. The van der Waals surface area contributed by atoms with Gasteiger partial charge in [-0.3, -0.25) is 14.5 Å². The zero-order chi connectivity index (χ0) is 32.8. The number of carboxylic acid groups (broad SMARTS) is 1. The first kappa shape index (κ1) is 32.9. The van der Waals surface area contributed by atoms with E-state index in [0.717, 1.165) is 5.56 Å². The van der Waals surface area contributed by atoms with E-state index in [1.54, 1.807) is 57.2 Å². The van der Waals surface area contributed by atoms with Crippen LogP contribution in [0.15, 0.2) is 97.1 Å². The van der Waals surface area contributed by atoms with Crippen molar-refractivity contribution in [2.24, 2.45) is 5.41 Å². The minimum absolute atomic E-state index is 0.0482. The molecule has 1 heterocycles. The Hall–Kier alpha value is -4.53. The number of carbonyl (C=O) groups excluding carboxylic acids is 2. The van der Waals surface area contributed by atoms with Crippen molar-refractivity contribution in [1.82, 2.24) is 4.90 Å². The number of ether oxygens (including phenoxy) is 1. The van der Waals surface area contributed by atoms with E-state index in [-0.39, 0.29) is 44.4 Å². The van der Waals surface area contributed by atoms with E-state index in [1.165, 1.54) is 0 Å². The molecule has 4 aromatic carbocycles. The Kier molecular flexibility index (Phi) is 10.2. The van der Waals surface area contributed by atoms with Crippen molar-refractivity contribution in [2.75, 3.05) is 29.4 Å². The molecule has 8 nitrogen and oxygen atoms in total. The van der Waals surface area contributed by atoms with Crippen molar-refractivity contribution in [2.45, 2.75) is 33.2 Å². The van der Waals surface area contributed by atoms with Crippen LogP contribution in [-0.2, 0) is 16.1 Å². The van der Waals surface area contributed by atoms with Crippen LogP contribution in [0.4, 0.5) is 16.2 Å². The summed E-state index contributed by atoms with van der Waals surface area (Å²) in [6.07, 6.45) is -0.420. The number of benzene rings is 4. The van der Waals surface area contributed by atoms with Crippen LogP contribution in [0.5, 0.6) is 11.5 Å². The van der Waals surface area contributed by atoms with Gasteiger partial charge in [0.1, 0.15) is 11.5 Å². The number of aliphatic carboxylic acids is 1. The molecule has 0 aliphatic carbocycles. The summed E-state index contributed by atoms with van der Waals surface area (Å²) in [5.41, 5.74) is 1.85. The average Bonchev–Trinajstić information content (AvgIpc) is 3.02. The van der Waals surface area contributed by atoms with Crippen molar-refractivity contribution >= 4 is 52.5 Å². The molecule has 0 bridgehead atoms. The molecule has 46 heavy (non-hydrogen) atoms. The molecule has 5 rings (SSSR count). The molecular weight excluding hydrogens is 625 g/mol. The predicted octanol–water partition coefficient (Wildman–Crippen LogP) is 8.44. The van der Waals surface area contributed by atoms with E-state index in [0.29, 0.717) is 45.0 Å². The van der Waals surface area contributed by atoms with Crippen LogP contribution in [0.3, 0.4) is 0 Å². The minimum atomic E-state index is -1.11. The molecule has 1 aliphatic rings. The van der Waals surface area contributed by atoms with Crippen molar-refractivity contribution in [1.29, 1.82) is 0 Å². The Labute approximate surface area is 278 Å². The first-order valence-electron chi connectivity index (χ1n) is 15.0. The maximum absolute atomic E-state index is 14.1. The number of anilines is 2. The molecule has 238 valence electrons. The number of rotatable bonds is 11. The monoisotopic (exact) mass is 659 g/mol. The van der Waals surface area contributed by atoms with E-state index in [2.05, 4.69) is 0 Å². The number of halogens is 2. The molecule has 0 aromatic heterocycles. The molecular formula is C36H35Cl2N3O5. The quantitative estimate of drug-likeness (QED) is 0.174. The zero-order valence-corrected chi connectivity index (χ0v) is 27.2. The van der Waals surface area contributed by atoms with Gasteiger partial charge in [0.2, 0.25) is 5.91 Å². The number of para-hydroxylation sites is 1. The summed E-state index contributed by atoms with van der Waals surface area (Å²) < 4.78 is 5.91. The Morgan fingerprint density at radius 3 is 2.20 bits per heavy atom. The maximum Gasteiger partial charge on any atom is 0.324 e. The van der Waals surface area contributed by atoms with E-state index in [1.807, 2.05) is 68.4 Å². The highest BCUT2D eigenvalue weighted by Crippen LogP contribution is 2.39. The SMILES string of the molecule is CCN(C(=O)CC1(CC(=O)O)CN(Cc2ccc(Cl)cc2Cl)C(=O)N(c2ccc(C)cc2)C1)c1ccc(Oc2ccccc2)cc1. The Morgan fingerprint density at radius 1 is 0.891 bits per heavy atom. The topological polar surface area (TPSA) is 90.4 Å². The van der Waals surface area contributed by atoms with E-state index < -0.39 is 11.4 Å². The number of nitrogens with zero attached hydrogens (tertiary/aromatic N) is 3. The lowest BCUT2D eigenvalue weighted by atomic mass is 9.77. The summed E-state index contributed by atoms with van der Waals surface area (Å²) in [5, 5.41) is 11.0. The lowest BCUT2D eigenvalue weighted by molar-refractivity contribution is -0.140. The van der Waals surface area contributed by atoms with Gasteiger partial charge < -0.3 is 19.6 Å². The molecule has 4 aromatic rings. The fraction of sp³-hybridized carbons (Fsp3) is 0.250. The van der Waals surface area contributed by atoms with Gasteiger partial charge in [-0.05, 0) is 80.1 Å². The highest BCUT2D eigenvalue weighted by atomic mass is 35.5. The summed E-state index contributed by atoms with van der Waals surface area (Å²) in [6, 6.07) is 28.8. The summed E-state index contributed by atoms with van der Waals surface area (Å²) in [4.78, 5) is 45.2. The van der Waals surface area contributed by atoms with Gasteiger partial charge in [0.15, 0.2) is 0 Å². The number of carbonyl (C=O) groups is 3. The number of carboxylic acids is 1. The lowest BCUT2D eigenvalue weighted by Gasteiger charge is -2.47. The van der Waals surface area contributed by atoms with Crippen molar-refractivity contribution < 1.29 is 24.2 Å². The summed E-state index contributed by atoms with van der Waals surface area (Å²) >= 11 is 12.6. The van der Waals surface area contributed by atoms with Crippen molar-refractivity contribution in [3.05, 3.63) is 118 Å². The van der Waals surface area contributed by atoms with Gasteiger partial charge in [-0.2, -0.15) is 0 Å². The number of aryl methyl sites for hydroxylation is 1. The fourth-order valence-electron chi connectivity index (χ4n) is 5.85. The molecule has 0 saturated carbocycles. The smallest absolute Gasteiger partial charge is 0.324 e. The van der Waals surface area contributed by atoms with Crippen LogP contribution in [0.25, 0.3) is 0 Å². The Bertz CT molecular complexity index is 1700. The van der Waals surface area contributed by atoms with Crippen LogP contribution < -0.4 is 14.5 Å². The van der Waals surface area contributed by atoms with Crippen LogP contribution in [-0.4, -0.2) is 47.5 Å². The van der Waals surface area contributed by atoms with Crippen molar-refractivity contribution in [3.63, 3.8) is 0 Å². The molecule has 1 fully saturated rings. The maximum atomic E-state index is 14.1. The fourth-order valence-corrected chi connectivity index (χ4v) is 6.31. The molecule has 1 saturated heterocycles. The summed E-state index contributed by atoms with van der Waals surface area (Å²) in [7, 11) is 0. The van der Waals surface area contributed by atoms with E-state index in [4.69, 9.17) is 27.9 Å². The van der Waals surface area contributed by atoms with Gasteiger partial charge in [0, 0.05) is 59.4 Å². The zero-order valence-electron chi connectivity index (χ0n) is 25.7. The van der Waals surface area contributed by atoms with Gasteiger partial charge in [0.05, 0.1) is 6.42 Å². The van der Waals surface area contributed by atoms with Crippen LogP contribution in [0.2, 0.25) is 10.0 Å². The van der Waals surface area contributed by atoms with Crippen LogP contribution >= 0.6 is 23.2 Å². The van der Waals surface area contributed by atoms with Gasteiger partial charge in [-0.1, -0.05) is 65.2 Å². The number of hydrogen-bond donors (Lipinski definition) is 1. The molecule has 0 spiro atoms. The minimum Gasteiger partial charge on any atom is -0.481 e. The third kappa shape index (κ3) is 7.81. The summed E-state index contributed by atoms with van der Waals surface area (Å²) in [6.45, 7) is 4.40. The largest absolute Gasteiger partial charge is 0.481 e. The normalized spacial score (nSPS) is 16.3. The van der Waals surface area contributed by atoms with E-state index in [9.17, 15) is 19.5 Å². The number of urea groups is 1. The first-order valence-corrected chi connectivity index (χ1v) is 15.7. The molecule has 0 radical (unpaired) electrons.